The smallest absolute Gasteiger partial charge is 0.341 e. The molecule has 0 N–H and O–H groups in total. The van der Waals surface area contributed by atoms with Gasteiger partial charge in [-0.05, 0) is 24.3 Å². The van der Waals surface area contributed by atoms with E-state index in [1.807, 2.05) is 0 Å². The molecule has 0 saturated carbocycles. The predicted octanol–water partition coefficient (Wildman–Crippen LogP) is 2.93. The number of hydrogen-bond acceptors (Lipinski definition) is 3. The van der Waals surface area contributed by atoms with Crippen molar-refractivity contribution in [2.24, 2.45) is 0 Å². The van der Waals surface area contributed by atoms with Gasteiger partial charge in [-0.3, -0.25) is 0 Å². The minimum atomic E-state index is -0.452. The summed E-state index contributed by atoms with van der Waals surface area (Å²) in [4.78, 5) is 16.1. The van der Waals surface area contributed by atoms with Crippen LogP contribution < -0.4 is 0 Å². The van der Waals surface area contributed by atoms with Crippen LogP contribution in [0.1, 0.15) is 10.4 Å². The summed E-state index contributed by atoms with van der Waals surface area (Å²) in [6.07, 6.45) is 3.52. The number of ether oxygens (including phenoxy) is 1. The average Bonchev–Trinajstić information content (AvgIpc) is 2.90. The van der Waals surface area contributed by atoms with Crippen molar-refractivity contribution in [2.75, 3.05) is 7.11 Å². The van der Waals surface area contributed by atoms with Gasteiger partial charge in [-0.1, -0.05) is 12.1 Å². The molecular weight excluding hydrogens is 259 g/mol. The molecule has 0 aliphatic heterocycles. The minimum Gasteiger partial charge on any atom is -0.465 e. The fourth-order valence-electron chi connectivity index (χ4n) is 2.07. The van der Waals surface area contributed by atoms with Crippen LogP contribution in [0.25, 0.3) is 16.9 Å². The zero-order chi connectivity index (χ0) is 14.1. The number of carbonyl (C=O) groups excluding carboxylic acids is 1. The van der Waals surface area contributed by atoms with E-state index in [2.05, 4.69) is 4.98 Å². The van der Waals surface area contributed by atoms with Crippen LogP contribution in [0.4, 0.5) is 4.39 Å². The first kappa shape index (κ1) is 12.3. The topological polar surface area (TPSA) is 43.6 Å². The molecule has 0 atom stereocenters. The molecule has 0 bridgehead atoms. The fourth-order valence-corrected chi connectivity index (χ4v) is 2.07. The molecule has 2 aromatic heterocycles. The lowest BCUT2D eigenvalue weighted by atomic mass is 10.2. The Labute approximate surface area is 114 Å². The van der Waals surface area contributed by atoms with Gasteiger partial charge >= 0.3 is 5.97 Å². The monoisotopic (exact) mass is 270 g/mol. The number of rotatable bonds is 2. The average molecular weight is 270 g/mol. The highest BCUT2D eigenvalue weighted by molar-refractivity contribution is 5.96. The third-order valence-electron chi connectivity index (χ3n) is 3.01. The Morgan fingerprint density at radius 1 is 1.30 bits per heavy atom. The van der Waals surface area contributed by atoms with Crippen LogP contribution >= 0.6 is 0 Å². The third kappa shape index (κ3) is 2.03. The zero-order valence-electron chi connectivity index (χ0n) is 10.7. The van der Waals surface area contributed by atoms with E-state index >= 15 is 0 Å². The second-order valence-electron chi connectivity index (χ2n) is 4.28. The van der Waals surface area contributed by atoms with E-state index in [0.717, 1.165) is 0 Å². The molecule has 5 heteroatoms. The number of benzene rings is 1. The predicted molar refractivity (Wildman–Crippen MR) is 71.9 cm³/mol. The Bertz CT molecular complexity index is 795. The molecule has 4 nitrogen and oxygen atoms in total. The van der Waals surface area contributed by atoms with Crippen LogP contribution in [0.5, 0.6) is 0 Å². The molecule has 0 unspecified atom stereocenters. The second-order valence-corrected chi connectivity index (χ2v) is 4.28. The van der Waals surface area contributed by atoms with Crippen molar-refractivity contribution in [3.05, 3.63) is 60.2 Å². The van der Waals surface area contributed by atoms with Gasteiger partial charge in [0.05, 0.1) is 12.8 Å². The van der Waals surface area contributed by atoms with Gasteiger partial charge in [-0.2, -0.15) is 0 Å². The van der Waals surface area contributed by atoms with Crippen LogP contribution in [0, 0.1) is 5.82 Å². The van der Waals surface area contributed by atoms with E-state index < -0.39 is 5.97 Å². The molecule has 0 amide bonds. The fraction of sp³-hybridized carbons (Fsp3) is 0.0667. The molecule has 20 heavy (non-hydrogen) atoms. The number of halogens is 1. The second kappa shape index (κ2) is 4.77. The van der Waals surface area contributed by atoms with Gasteiger partial charge in [0.15, 0.2) is 5.65 Å². The Kier molecular flexibility index (Phi) is 2.95. The van der Waals surface area contributed by atoms with Gasteiger partial charge in [0.25, 0.3) is 0 Å². The first-order chi connectivity index (χ1) is 9.69. The molecule has 0 aliphatic rings. The van der Waals surface area contributed by atoms with Gasteiger partial charge in [0, 0.05) is 18.0 Å². The van der Waals surface area contributed by atoms with Crippen molar-refractivity contribution >= 4 is 11.6 Å². The summed E-state index contributed by atoms with van der Waals surface area (Å²) >= 11 is 0. The minimum absolute atomic E-state index is 0.326. The number of fused-ring (bicyclic) bond motifs is 1. The number of pyridine rings is 1. The van der Waals surface area contributed by atoms with Gasteiger partial charge < -0.3 is 9.14 Å². The molecule has 3 aromatic rings. The van der Waals surface area contributed by atoms with Crippen LogP contribution in [-0.4, -0.2) is 22.5 Å². The maximum Gasteiger partial charge on any atom is 0.341 e. The van der Waals surface area contributed by atoms with Gasteiger partial charge in [0.2, 0.25) is 0 Å². The number of carbonyl (C=O) groups is 1. The van der Waals surface area contributed by atoms with Crippen molar-refractivity contribution in [1.29, 1.82) is 0 Å². The Hall–Kier alpha value is -2.69. The molecule has 100 valence electrons. The van der Waals surface area contributed by atoms with E-state index in [9.17, 15) is 9.18 Å². The highest BCUT2D eigenvalue weighted by Gasteiger charge is 2.14. The lowest BCUT2D eigenvalue weighted by Crippen LogP contribution is -2.03. The van der Waals surface area contributed by atoms with Gasteiger partial charge in [-0.15, -0.1) is 0 Å². The number of aromatic nitrogens is 2. The molecule has 0 fully saturated rings. The molecule has 0 spiro atoms. The molecule has 0 aliphatic carbocycles. The van der Waals surface area contributed by atoms with E-state index in [4.69, 9.17) is 4.74 Å². The Morgan fingerprint density at radius 3 is 2.90 bits per heavy atom. The van der Waals surface area contributed by atoms with E-state index in [0.29, 0.717) is 22.5 Å². The summed E-state index contributed by atoms with van der Waals surface area (Å²) in [5.74, 6) is -0.778. The first-order valence-corrected chi connectivity index (χ1v) is 6.01. The van der Waals surface area contributed by atoms with Crippen LogP contribution in [0.15, 0.2) is 48.8 Å². The SMILES string of the molecule is COC(=O)c1cccn2cc(-c3cccc(F)c3)nc12. The maximum atomic E-state index is 13.3. The number of imidazole rings is 1. The van der Waals surface area contributed by atoms with Crippen molar-refractivity contribution in [3.8, 4) is 11.3 Å². The van der Waals surface area contributed by atoms with E-state index in [1.165, 1.54) is 19.2 Å². The maximum absolute atomic E-state index is 13.3. The van der Waals surface area contributed by atoms with Crippen molar-refractivity contribution in [1.82, 2.24) is 9.38 Å². The number of hydrogen-bond donors (Lipinski definition) is 0. The zero-order valence-corrected chi connectivity index (χ0v) is 10.7. The Morgan fingerprint density at radius 2 is 2.15 bits per heavy atom. The van der Waals surface area contributed by atoms with E-state index in [-0.39, 0.29) is 5.82 Å². The highest BCUT2D eigenvalue weighted by atomic mass is 19.1. The summed E-state index contributed by atoms with van der Waals surface area (Å²) in [7, 11) is 1.32. The molecule has 3 rings (SSSR count). The number of methoxy groups -OCH3 is 1. The van der Waals surface area contributed by atoms with Crippen molar-refractivity contribution in [3.63, 3.8) is 0 Å². The van der Waals surface area contributed by atoms with Crippen LogP contribution in [0.3, 0.4) is 0 Å². The number of esters is 1. The lowest BCUT2D eigenvalue weighted by Gasteiger charge is -2.00. The van der Waals surface area contributed by atoms with Gasteiger partial charge in [0.1, 0.15) is 11.4 Å². The third-order valence-corrected chi connectivity index (χ3v) is 3.01. The molecule has 0 radical (unpaired) electrons. The largest absolute Gasteiger partial charge is 0.465 e. The summed E-state index contributed by atoms with van der Waals surface area (Å²) in [6.45, 7) is 0. The highest BCUT2D eigenvalue weighted by Crippen LogP contribution is 2.21. The van der Waals surface area contributed by atoms with Crippen molar-refractivity contribution in [2.45, 2.75) is 0 Å². The molecule has 0 saturated heterocycles. The molecule has 2 heterocycles. The summed E-state index contributed by atoms with van der Waals surface area (Å²) in [6, 6.07) is 9.54. The van der Waals surface area contributed by atoms with Gasteiger partial charge in [-0.25, -0.2) is 14.2 Å². The summed E-state index contributed by atoms with van der Waals surface area (Å²) in [5.41, 5.74) is 2.11. The van der Waals surface area contributed by atoms with E-state index in [1.54, 1.807) is 41.1 Å². The summed E-state index contributed by atoms with van der Waals surface area (Å²) < 4.78 is 19.7. The van der Waals surface area contributed by atoms with Crippen molar-refractivity contribution < 1.29 is 13.9 Å². The normalized spacial score (nSPS) is 10.7. The van der Waals surface area contributed by atoms with Crippen LogP contribution in [0.2, 0.25) is 0 Å². The van der Waals surface area contributed by atoms with Crippen LogP contribution in [-0.2, 0) is 4.74 Å². The number of nitrogens with zero attached hydrogens (tertiary/aromatic N) is 2. The molecule has 1 aromatic carbocycles. The standard InChI is InChI=1S/C15H11FN2O2/c1-20-15(19)12-6-3-7-18-9-13(17-14(12)18)10-4-2-5-11(16)8-10/h2-9H,1H3. The molecular formula is C15H11FN2O2. The Balaban J connectivity index is 2.18. The summed E-state index contributed by atoms with van der Waals surface area (Å²) in [5, 5.41) is 0. The lowest BCUT2D eigenvalue weighted by molar-refractivity contribution is 0.0602. The first-order valence-electron chi connectivity index (χ1n) is 6.01. The quantitative estimate of drug-likeness (QED) is 0.672.